The van der Waals surface area contributed by atoms with E-state index >= 15 is 0 Å². The van der Waals surface area contributed by atoms with Gasteiger partial charge in [-0.2, -0.15) is 0 Å². The molecule has 25 heavy (non-hydrogen) atoms. The van der Waals surface area contributed by atoms with Gasteiger partial charge in [0.25, 0.3) is 0 Å². The third-order valence-corrected chi connectivity index (χ3v) is 5.88. The van der Waals surface area contributed by atoms with Crippen molar-refractivity contribution < 1.29 is 9.36 Å². The number of carbonyl (C=O) groups is 1. The molecule has 0 bridgehead atoms. The quantitative estimate of drug-likeness (QED) is 0.566. The van der Waals surface area contributed by atoms with Gasteiger partial charge >= 0.3 is 13.3 Å². The molecular formula is C22H28O2P+. The third kappa shape index (κ3) is 4.25. The van der Waals surface area contributed by atoms with Crippen molar-refractivity contribution in [2.45, 2.75) is 59.3 Å². The lowest BCUT2D eigenvalue weighted by molar-refractivity contribution is 0.107. The van der Waals surface area contributed by atoms with Crippen LogP contribution < -0.4 is 5.30 Å². The van der Waals surface area contributed by atoms with Crippen LogP contribution in [0.15, 0.2) is 42.5 Å². The fraction of sp³-hybridized carbons (Fsp3) is 0.409. The van der Waals surface area contributed by atoms with Crippen molar-refractivity contribution in [2.24, 2.45) is 0 Å². The van der Waals surface area contributed by atoms with Gasteiger partial charge < -0.3 is 0 Å². The van der Waals surface area contributed by atoms with E-state index in [-0.39, 0.29) is 17.4 Å². The normalized spacial score (nSPS) is 12.1. The smallest absolute Gasteiger partial charge is 0.234 e. The van der Waals surface area contributed by atoms with Crippen LogP contribution in [0.2, 0.25) is 0 Å². The van der Waals surface area contributed by atoms with Gasteiger partial charge in [-0.1, -0.05) is 76.4 Å². The highest BCUT2D eigenvalue weighted by Crippen LogP contribution is 2.37. The molecule has 2 rings (SSSR count). The van der Waals surface area contributed by atoms with Crippen molar-refractivity contribution in [3.05, 3.63) is 64.7 Å². The summed E-state index contributed by atoms with van der Waals surface area (Å²) in [5, 5.41) is 0.597. The minimum Gasteiger partial charge on any atom is -0.234 e. The van der Waals surface area contributed by atoms with E-state index in [1.165, 1.54) is 5.56 Å². The summed E-state index contributed by atoms with van der Waals surface area (Å²) >= 11 is 0. The van der Waals surface area contributed by atoms with Gasteiger partial charge in [0.05, 0.1) is 5.56 Å². The Hall–Kier alpha value is -1.79. The van der Waals surface area contributed by atoms with Crippen LogP contribution in [0.3, 0.4) is 0 Å². The van der Waals surface area contributed by atoms with Crippen molar-refractivity contribution in [3.8, 4) is 0 Å². The van der Waals surface area contributed by atoms with Crippen molar-refractivity contribution in [1.29, 1.82) is 0 Å². The predicted molar refractivity (Wildman–Crippen MR) is 107 cm³/mol. The van der Waals surface area contributed by atoms with Crippen molar-refractivity contribution in [2.75, 3.05) is 0 Å². The molecule has 1 unspecified atom stereocenters. The molecule has 0 aliphatic carbocycles. The van der Waals surface area contributed by atoms with Gasteiger partial charge in [-0.15, -0.1) is 0 Å². The summed E-state index contributed by atoms with van der Waals surface area (Å²) < 4.78 is 12.9. The first-order valence-corrected chi connectivity index (χ1v) is 10.2. The van der Waals surface area contributed by atoms with Crippen LogP contribution in [0.4, 0.5) is 0 Å². The van der Waals surface area contributed by atoms with Gasteiger partial charge in [-0.25, -0.2) is 4.79 Å². The Kier molecular flexibility index (Phi) is 6.30. The molecule has 1 atom stereocenters. The first-order chi connectivity index (χ1) is 11.7. The summed E-state index contributed by atoms with van der Waals surface area (Å²) in [4.78, 5) is 13.2. The summed E-state index contributed by atoms with van der Waals surface area (Å²) in [7, 11) is -2.11. The molecule has 0 spiro atoms. The maximum absolute atomic E-state index is 13.2. The van der Waals surface area contributed by atoms with Crippen LogP contribution in [0.25, 0.3) is 0 Å². The summed E-state index contributed by atoms with van der Waals surface area (Å²) in [6.07, 6.45) is 0. The zero-order valence-electron chi connectivity index (χ0n) is 16.0. The van der Waals surface area contributed by atoms with E-state index < -0.39 is 7.80 Å². The van der Waals surface area contributed by atoms with E-state index in [0.717, 1.165) is 11.1 Å². The molecule has 0 aliphatic heterocycles. The van der Waals surface area contributed by atoms with Gasteiger partial charge in [-0.05, 0) is 46.6 Å². The van der Waals surface area contributed by atoms with Gasteiger partial charge in [-0.3, -0.25) is 0 Å². The Morgan fingerprint density at radius 3 is 1.68 bits per heavy atom. The number of benzene rings is 2. The Labute approximate surface area is 152 Å². The highest BCUT2D eigenvalue weighted by molar-refractivity contribution is 7.71. The maximum atomic E-state index is 13.2. The molecule has 0 aromatic heterocycles. The summed E-state index contributed by atoms with van der Waals surface area (Å²) in [5.74, 6) is 0.797. The molecule has 0 amide bonds. The minimum atomic E-state index is -2.11. The zero-order valence-corrected chi connectivity index (χ0v) is 16.9. The molecular weight excluding hydrogens is 327 g/mol. The molecule has 0 saturated carbocycles. The average Bonchev–Trinajstić information content (AvgIpc) is 2.59. The Morgan fingerprint density at radius 2 is 1.28 bits per heavy atom. The fourth-order valence-corrected chi connectivity index (χ4v) is 4.12. The first kappa shape index (κ1) is 19.5. The van der Waals surface area contributed by atoms with Crippen molar-refractivity contribution >= 4 is 18.6 Å². The molecule has 0 saturated heterocycles. The molecule has 3 heteroatoms. The molecule has 2 nitrogen and oxygen atoms in total. The van der Waals surface area contributed by atoms with Gasteiger partial charge in [0.15, 0.2) is 5.30 Å². The lowest BCUT2D eigenvalue weighted by Gasteiger charge is -2.19. The summed E-state index contributed by atoms with van der Waals surface area (Å²) in [6, 6.07) is 13.3. The fourth-order valence-electron chi connectivity index (χ4n) is 2.98. The number of hydrogen-bond acceptors (Lipinski definition) is 2. The van der Waals surface area contributed by atoms with Crippen LogP contribution in [-0.2, 0) is 4.57 Å². The SMILES string of the molecule is CC(C)c1cc(C(C)C)c(C(=O)[P+](=O)c2ccccc2)c(C(C)C)c1. The number of carbonyl (C=O) groups excluding carboxylic acids is 1. The Bertz CT molecular complexity index is 745. The molecule has 0 radical (unpaired) electrons. The van der Waals surface area contributed by atoms with E-state index in [1.807, 2.05) is 18.2 Å². The second-order valence-electron chi connectivity index (χ2n) is 7.47. The Balaban J connectivity index is 2.66. The molecule has 2 aromatic carbocycles. The zero-order chi connectivity index (χ0) is 18.7. The topological polar surface area (TPSA) is 34.1 Å². The van der Waals surface area contributed by atoms with Gasteiger partial charge in [0.2, 0.25) is 0 Å². The number of rotatable bonds is 6. The monoisotopic (exact) mass is 355 g/mol. The van der Waals surface area contributed by atoms with E-state index in [0.29, 0.717) is 16.8 Å². The summed E-state index contributed by atoms with van der Waals surface area (Å²) in [5.41, 5.74) is 3.68. The number of hydrogen-bond donors (Lipinski definition) is 0. The van der Waals surface area contributed by atoms with Crippen LogP contribution in [-0.4, -0.2) is 5.52 Å². The predicted octanol–water partition coefficient (Wildman–Crippen LogP) is 6.35. The molecule has 132 valence electrons. The van der Waals surface area contributed by atoms with E-state index in [9.17, 15) is 9.36 Å². The second kappa shape index (κ2) is 8.06. The maximum Gasteiger partial charge on any atom is 0.458 e. The van der Waals surface area contributed by atoms with Crippen molar-refractivity contribution in [3.63, 3.8) is 0 Å². The molecule has 0 aliphatic rings. The van der Waals surface area contributed by atoms with Crippen molar-refractivity contribution in [1.82, 2.24) is 0 Å². The van der Waals surface area contributed by atoms with Crippen LogP contribution in [0, 0.1) is 0 Å². The molecule has 0 heterocycles. The highest BCUT2D eigenvalue weighted by atomic mass is 31.1. The van der Waals surface area contributed by atoms with E-state index in [4.69, 9.17) is 0 Å². The van der Waals surface area contributed by atoms with Gasteiger partial charge in [0.1, 0.15) is 0 Å². The third-order valence-electron chi connectivity index (χ3n) is 4.52. The molecule has 2 aromatic rings. The standard InChI is InChI=1S/C22H28O2P/c1-14(2)17-12-19(15(3)4)21(20(13-17)16(5)6)22(23)25(24)18-10-8-7-9-11-18/h7-16H,1-6H3/q+1. The van der Waals surface area contributed by atoms with E-state index in [2.05, 4.69) is 53.7 Å². The first-order valence-electron chi connectivity index (χ1n) is 8.98. The van der Waals surface area contributed by atoms with E-state index in [1.54, 1.807) is 12.1 Å². The average molecular weight is 355 g/mol. The molecule has 0 fully saturated rings. The van der Waals surface area contributed by atoms with Crippen LogP contribution >= 0.6 is 7.80 Å². The van der Waals surface area contributed by atoms with Crippen LogP contribution in [0.1, 0.15) is 86.3 Å². The lowest BCUT2D eigenvalue weighted by atomic mass is 9.85. The lowest BCUT2D eigenvalue weighted by Crippen LogP contribution is -2.12. The second-order valence-corrected chi connectivity index (χ2v) is 8.98. The van der Waals surface area contributed by atoms with Crippen LogP contribution in [0.5, 0.6) is 0 Å². The minimum absolute atomic E-state index is 0.203. The summed E-state index contributed by atoms with van der Waals surface area (Å²) in [6.45, 7) is 12.7. The largest absolute Gasteiger partial charge is 0.458 e. The van der Waals surface area contributed by atoms with Gasteiger partial charge in [0, 0.05) is 0 Å². The highest BCUT2D eigenvalue weighted by Gasteiger charge is 2.37. The Morgan fingerprint density at radius 1 is 0.800 bits per heavy atom. The molecule has 0 N–H and O–H groups in total.